The number of carbonyl (C=O) groups excluding carboxylic acids is 1. The topological polar surface area (TPSA) is 130 Å². The van der Waals surface area contributed by atoms with Gasteiger partial charge in [-0.15, -0.1) is 5.10 Å². The highest BCUT2D eigenvalue weighted by Gasteiger charge is 2.32. The van der Waals surface area contributed by atoms with Crippen LogP contribution in [0.5, 0.6) is 0 Å². The lowest BCUT2D eigenvalue weighted by molar-refractivity contribution is -0.860. The van der Waals surface area contributed by atoms with E-state index < -0.39 is 6.17 Å². The normalized spacial score (nSPS) is 18.6. The molecule has 0 radical (unpaired) electrons. The molecule has 0 saturated heterocycles. The second-order valence-corrected chi connectivity index (χ2v) is 9.69. The highest BCUT2D eigenvalue weighted by atomic mass is 16.5. The number of pyridine rings is 1. The van der Waals surface area contributed by atoms with Crippen molar-refractivity contribution in [2.75, 3.05) is 5.43 Å². The van der Waals surface area contributed by atoms with Crippen molar-refractivity contribution in [3.05, 3.63) is 47.2 Å². The van der Waals surface area contributed by atoms with Gasteiger partial charge in [0.05, 0.1) is 11.4 Å². The molecule has 3 N–H and O–H groups in total. The fourth-order valence-corrected chi connectivity index (χ4v) is 5.01. The molecule has 11 nitrogen and oxygen atoms in total. The number of nitrogens with one attached hydrogen (secondary N) is 3. The largest absolute Gasteiger partial charge is 0.606 e. The fourth-order valence-electron chi connectivity index (χ4n) is 5.01. The highest BCUT2D eigenvalue weighted by Crippen LogP contribution is 2.42. The minimum absolute atomic E-state index is 0.0792. The summed E-state index contributed by atoms with van der Waals surface area (Å²) in [6.45, 7) is 0. The molecule has 5 rings (SSSR count). The molecule has 0 bridgehead atoms. The first-order valence-corrected chi connectivity index (χ1v) is 12.5. The average molecular weight is 480 g/mol. The van der Waals surface area contributed by atoms with Gasteiger partial charge in [-0.05, 0) is 43.9 Å². The van der Waals surface area contributed by atoms with Crippen molar-refractivity contribution in [3.63, 3.8) is 0 Å². The lowest BCUT2D eigenvalue weighted by atomic mass is 9.96. The Morgan fingerprint density at radius 2 is 1.86 bits per heavy atom. The Hall–Kier alpha value is -3.31. The van der Waals surface area contributed by atoms with Gasteiger partial charge in [0.15, 0.2) is 12.0 Å². The first kappa shape index (κ1) is 23.4. The third-order valence-corrected chi connectivity index (χ3v) is 7.10. The molecule has 0 spiro atoms. The molecule has 2 atom stereocenters. The Bertz CT molecular complexity index is 1140. The Kier molecular flexibility index (Phi) is 6.78. The second kappa shape index (κ2) is 10.1. The number of aromatic nitrogens is 6. The van der Waals surface area contributed by atoms with E-state index in [0.29, 0.717) is 17.4 Å². The minimum Gasteiger partial charge on any atom is -0.606 e. The van der Waals surface area contributed by atoms with Gasteiger partial charge in [0.2, 0.25) is 0 Å². The van der Waals surface area contributed by atoms with Crippen molar-refractivity contribution in [2.45, 2.75) is 63.5 Å². The summed E-state index contributed by atoms with van der Waals surface area (Å²) in [7, 11) is 3.60. The summed E-state index contributed by atoms with van der Waals surface area (Å²) in [6.07, 6.45) is 11.2. The van der Waals surface area contributed by atoms with Gasteiger partial charge in [0.25, 0.3) is 5.91 Å². The van der Waals surface area contributed by atoms with Gasteiger partial charge in [-0.25, -0.2) is 20.3 Å². The zero-order valence-corrected chi connectivity index (χ0v) is 20.3. The minimum atomic E-state index is -0.639. The van der Waals surface area contributed by atoms with Gasteiger partial charge in [-0.3, -0.25) is 14.8 Å². The molecule has 3 heterocycles. The smallest absolute Gasteiger partial charge is 0.274 e. The number of quaternary nitrogens is 1. The molecule has 2 aliphatic carbocycles. The van der Waals surface area contributed by atoms with Crippen molar-refractivity contribution < 1.29 is 9.97 Å². The first-order valence-electron chi connectivity index (χ1n) is 12.5. The van der Waals surface area contributed by atoms with Crippen LogP contribution < -0.4 is 15.9 Å². The van der Waals surface area contributed by atoms with Crippen LogP contribution >= 0.6 is 0 Å². The summed E-state index contributed by atoms with van der Waals surface area (Å²) >= 11 is 0. The number of aryl methyl sites for hydroxylation is 2. The molecule has 3 aromatic heterocycles. The SMILES string of the molecule is Cn1nccc1C(=O)N[C@@H](C1CCCCCC1)[NH+]([O-])Nc1ccc(-c2c(C3CC3)nnn2C)cn1. The van der Waals surface area contributed by atoms with Crippen LogP contribution in [0.4, 0.5) is 5.82 Å². The zero-order chi connectivity index (χ0) is 24.4. The van der Waals surface area contributed by atoms with Gasteiger partial charge in [0.1, 0.15) is 5.69 Å². The van der Waals surface area contributed by atoms with E-state index in [1.165, 1.54) is 4.68 Å². The van der Waals surface area contributed by atoms with E-state index in [0.717, 1.165) is 68.3 Å². The molecular formula is C24H33N9O2. The summed E-state index contributed by atoms with van der Waals surface area (Å²) < 4.78 is 3.29. The lowest BCUT2D eigenvalue weighted by Crippen LogP contribution is -3.17. The molecule has 2 saturated carbocycles. The van der Waals surface area contributed by atoms with Crippen LogP contribution in [-0.2, 0) is 14.1 Å². The Morgan fingerprint density at radius 3 is 2.49 bits per heavy atom. The molecule has 11 heteroatoms. The standard InChI is InChI=1S/C24H33N9O2/c1-31-19(13-14-26-31)24(34)27-23(17-7-5-3-4-6-8-17)33(35)29-20-12-11-18(15-25-20)22-21(16-9-10-16)28-30-32(22)2/h11-17,23,33H,3-10H2,1-2H3,(H,25,29)(H,27,34)/t23-/m1/s1. The van der Waals surface area contributed by atoms with Gasteiger partial charge in [-0.1, -0.05) is 30.9 Å². The summed E-state index contributed by atoms with van der Waals surface area (Å²) in [4.78, 5) is 17.4. The highest BCUT2D eigenvalue weighted by molar-refractivity contribution is 5.92. The lowest BCUT2D eigenvalue weighted by Gasteiger charge is -2.36. The van der Waals surface area contributed by atoms with E-state index in [1.54, 1.807) is 36.3 Å². The maximum atomic E-state index is 13.4. The first-order chi connectivity index (χ1) is 17.0. The van der Waals surface area contributed by atoms with Crippen molar-refractivity contribution in [3.8, 4) is 11.3 Å². The van der Waals surface area contributed by atoms with Crippen molar-refractivity contribution in [1.29, 1.82) is 0 Å². The zero-order valence-electron chi connectivity index (χ0n) is 20.3. The van der Waals surface area contributed by atoms with Gasteiger partial charge in [0, 0.05) is 43.9 Å². The molecule has 186 valence electrons. The van der Waals surface area contributed by atoms with E-state index >= 15 is 0 Å². The van der Waals surface area contributed by atoms with E-state index in [-0.39, 0.29) is 17.0 Å². The van der Waals surface area contributed by atoms with Crippen LogP contribution in [0.25, 0.3) is 11.3 Å². The third kappa shape index (κ3) is 5.20. The summed E-state index contributed by atoms with van der Waals surface area (Å²) in [5.74, 6) is 0.710. The predicted octanol–water partition coefficient (Wildman–Crippen LogP) is 1.92. The molecule has 0 aromatic carbocycles. The maximum absolute atomic E-state index is 13.4. The number of carbonyl (C=O) groups is 1. The van der Waals surface area contributed by atoms with Gasteiger partial charge < -0.3 is 5.21 Å². The van der Waals surface area contributed by atoms with Crippen LogP contribution in [0.1, 0.15) is 73.5 Å². The second-order valence-electron chi connectivity index (χ2n) is 9.69. The molecule has 35 heavy (non-hydrogen) atoms. The quantitative estimate of drug-likeness (QED) is 0.256. The van der Waals surface area contributed by atoms with Crippen LogP contribution in [0.15, 0.2) is 30.6 Å². The van der Waals surface area contributed by atoms with Crippen LogP contribution in [0.2, 0.25) is 0 Å². The van der Waals surface area contributed by atoms with E-state index in [9.17, 15) is 10.0 Å². The van der Waals surface area contributed by atoms with Gasteiger partial charge in [-0.2, -0.15) is 5.10 Å². The summed E-state index contributed by atoms with van der Waals surface area (Å²) in [5, 5.41) is 28.8. The fraction of sp³-hybridized carbons (Fsp3) is 0.542. The molecular weight excluding hydrogens is 446 g/mol. The van der Waals surface area contributed by atoms with Crippen LogP contribution in [-0.4, -0.2) is 41.8 Å². The Morgan fingerprint density at radius 1 is 1.09 bits per heavy atom. The number of hydrogen-bond donors (Lipinski definition) is 3. The monoisotopic (exact) mass is 479 g/mol. The summed E-state index contributed by atoms with van der Waals surface area (Å²) in [5.41, 5.74) is 6.26. The van der Waals surface area contributed by atoms with E-state index in [1.807, 2.05) is 13.1 Å². The molecule has 2 aliphatic rings. The van der Waals surface area contributed by atoms with E-state index in [2.05, 4.69) is 31.1 Å². The van der Waals surface area contributed by atoms with Crippen LogP contribution in [0.3, 0.4) is 0 Å². The molecule has 1 amide bonds. The predicted molar refractivity (Wildman–Crippen MR) is 130 cm³/mol. The van der Waals surface area contributed by atoms with Gasteiger partial charge >= 0.3 is 0 Å². The van der Waals surface area contributed by atoms with E-state index in [4.69, 9.17) is 0 Å². The van der Waals surface area contributed by atoms with Crippen molar-refractivity contribution in [1.82, 2.24) is 35.1 Å². The van der Waals surface area contributed by atoms with Crippen molar-refractivity contribution >= 4 is 11.7 Å². The number of amides is 1. The number of nitrogens with zero attached hydrogens (tertiary/aromatic N) is 6. The Balaban J connectivity index is 1.32. The molecule has 0 aliphatic heterocycles. The van der Waals surface area contributed by atoms with Crippen molar-refractivity contribution in [2.24, 2.45) is 20.0 Å². The number of rotatable bonds is 8. The molecule has 3 aromatic rings. The molecule has 2 fully saturated rings. The third-order valence-electron chi connectivity index (χ3n) is 7.10. The maximum Gasteiger partial charge on any atom is 0.274 e. The van der Waals surface area contributed by atoms with Crippen LogP contribution in [0, 0.1) is 11.1 Å². The Labute approximate surface area is 204 Å². The number of hydrogen-bond acceptors (Lipinski definition) is 7. The average Bonchev–Trinajstić information content (AvgIpc) is 3.57. The number of hydroxylamine groups is 1. The number of anilines is 1. The summed E-state index contributed by atoms with van der Waals surface area (Å²) in [6, 6.07) is 5.38. The molecule has 1 unspecified atom stereocenters.